The number of nitrogens with zero attached hydrogens (tertiary/aromatic N) is 1. The van der Waals surface area contributed by atoms with Crippen LogP contribution >= 0.6 is 11.3 Å². The van der Waals surface area contributed by atoms with E-state index in [4.69, 9.17) is 0 Å². The minimum Gasteiger partial charge on any atom is -0.352 e. The van der Waals surface area contributed by atoms with Crippen LogP contribution in [0.2, 0.25) is 0 Å². The molecule has 1 fully saturated rings. The second kappa shape index (κ2) is 9.03. The van der Waals surface area contributed by atoms with E-state index in [1.807, 2.05) is 0 Å². The van der Waals surface area contributed by atoms with Crippen LogP contribution in [0.15, 0.2) is 35.9 Å². The maximum atomic E-state index is 12.8. The number of carbonyl (C=O) groups excluding carboxylic acids is 1. The van der Waals surface area contributed by atoms with E-state index in [1.165, 1.54) is 33.4 Å². The highest BCUT2D eigenvalue weighted by Gasteiger charge is 2.29. The van der Waals surface area contributed by atoms with Crippen molar-refractivity contribution in [3.8, 4) is 0 Å². The smallest absolute Gasteiger partial charge is 0.224 e. The van der Waals surface area contributed by atoms with Crippen molar-refractivity contribution in [1.82, 2.24) is 10.2 Å². The normalized spacial score (nSPS) is 20.0. The Morgan fingerprint density at radius 1 is 1.30 bits per heavy atom. The third-order valence-electron chi connectivity index (χ3n) is 5.56. The van der Waals surface area contributed by atoms with Gasteiger partial charge in [-0.3, -0.25) is 9.69 Å². The van der Waals surface area contributed by atoms with Crippen LogP contribution < -0.4 is 5.32 Å². The average molecular weight is 385 g/mol. The number of rotatable bonds is 6. The van der Waals surface area contributed by atoms with E-state index in [-0.39, 0.29) is 11.9 Å². The molecule has 1 heterocycles. The second-order valence-corrected chi connectivity index (χ2v) is 9.40. The number of carbonyl (C=O) groups is 1. The summed E-state index contributed by atoms with van der Waals surface area (Å²) >= 11 is 1.80. The number of likely N-dealkylation sites (N-methyl/N-ethyl adjacent to an activating group) is 1. The Kier molecular flexibility index (Phi) is 6.72. The van der Waals surface area contributed by atoms with E-state index in [9.17, 15) is 4.79 Å². The van der Waals surface area contributed by atoms with Crippen LogP contribution in [0.4, 0.5) is 0 Å². The lowest BCUT2D eigenvalue weighted by Crippen LogP contribution is -2.52. The summed E-state index contributed by atoms with van der Waals surface area (Å²) in [6, 6.07) is 9.19. The van der Waals surface area contributed by atoms with E-state index < -0.39 is 0 Å². The van der Waals surface area contributed by atoms with Crippen molar-refractivity contribution in [2.24, 2.45) is 0 Å². The number of allylic oxidation sites excluding steroid dienone is 1. The Labute approximate surface area is 167 Å². The van der Waals surface area contributed by atoms with Crippen LogP contribution in [0.1, 0.15) is 50.0 Å². The monoisotopic (exact) mass is 384 g/mol. The van der Waals surface area contributed by atoms with E-state index >= 15 is 0 Å². The lowest BCUT2D eigenvalue weighted by atomic mass is 9.89. The van der Waals surface area contributed by atoms with Gasteiger partial charge in [-0.2, -0.15) is 0 Å². The highest BCUT2D eigenvalue weighted by atomic mass is 32.1. The molecule has 0 saturated heterocycles. The topological polar surface area (TPSA) is 32.3 Å². The SMILES string of the molecule is CC(C)=CCN(C)C1CCCCC1NC(=O)Cc1cccc2sc(C)cc12. The highest BCUT2D eigenvalue weighted by Crippen LogP contribution is 2.28. The molecule has 146 valence electrons. The molecule has 3 nitrogen and oxygen atoms in total. The number of fused-ring (bicyclic) bond motifs is 1. The fraction of sp³-hybridized carbons (Fsp3) is 0.522. The standard InChI is InChI=1S/C23H32N2OS/c1-16(2)12-13-25(4)21-10-6-5-9-20(21)24-23(26)15-18-8-7-11-22-19(18)14-17(3)27-22/h7-8,11-12,14,20-21H,5-6,9-10,13,15H2,1-4H3,(H,24,26). The molecular formula is C23H32N2OS. The third kappa shape index (κ3) is 5.20. The van der Waals surface area contributed by atoms with Crippen LogP contribution in [0.25, 0.3) is 10.1 Å². The predicted octanol–water partition coefficient (Wildman–Crippen LogP) is 5.08. The van der Waals surface area contributed by atoms with Gasteiger partial charge in [0.25, 0.3) is 0 Å². The van der Waals surface area contributed by atoms with Gasteiger partial charge in [0.2, 0.25) is 5.91 Å². The van der Waals surface area contributed by atoms with E-state index in [0.717, 1.165) is 24.9 Å². The molecule has 1 saturated carbocycles. The first-order valence-electron chi connectivity index (χ1n) is 10.0. The molecule has 0 radical (unpaired) electrons. The number of hydrogen-bond acceptors (Lipinski definition) is 3. The molecule has 1 aromatic carbocycles. The fourth-order valence-electron chi connectivity index (χ4n) is 4.10. The van der Waals surface area contributed by atoms with Gasteiger partial charge in [0.15, 0.2) is 0 Å². The molecule has 0 aliphatic heterocycles. The van der Waals surface area contributed by atoms with E-state index in [0.29, 0.717) is 12.5 Å². The van der Waals surface area contributed by atoms with Crippen molar-refractivity contribution in [2.45, 2.75) is 65.0 Å². The molecule has 1 N–H and O–H groups in total. The predicted molar refractivity (Wildman–Crippen MR) is 117 cm³/mol. The van der Waals surface area contributed by atoms with E-state index in [1.54, 1.807) is 11.3 Å². The van der Waals surface area contributed by atoms with Gasteiger partial charge in [-0.05, 0) is 63.7 Å². The molecule has 2 aromatic rings. The van der Waals surface area contributed by atoms with Crippen molar-refractivity contribution >= 4 is 27.3 Å². The maximum absolute atomic E-state index is 12.8. The summed E-state index contributed by atoms with van der Waals surface area (Å²) in [5.41, 5.74) is 2.48. The number of hydrogen-bond donors (Lipinski definition) is 1. The Hall–Kier alpha value is -1.65. The van der Waals surface area contributed by atoms with Crippen molar-refractivity contribution < 1.29 is 4.79 Å². The summed E-state index contributed by atoms with van der Waals surface area (Å²) in [6.45, 7) is 7.36. The molecular weight excluding hydrogens is 352 g/mol. The van der Waals surface area contributed by atoms with Crippen molar-refractivity contribution in [1.29, 1.82) is 0 Å². The first-order valence-corrected chi connectivity index (χ1v) is 10.9. The Morgan fingerprint density at radius 3 is 2.85 bits per heavy atom. The summed E-state index contributed by atoms with van der Waals surface area (Å²) in [5, 5.41) is 4.59. The first kappa shape index (κ1) is 20.1. The van der Waals surface area contributed by atoms with Gasteiger partial charge in [0.1, 0.15) is 0 Å². The molecule has 1 amide bonds. The van der Waals surface area contributed by atoms with Crippen molar-refractivity contribution in [2.75, 3.05) is 13.6 Å². The van der Waals surface area contributed by atoms with Crippen LogP contribution in [0, 0.1) is 6.92 Å². The minimum absolute atomic E-state index is 0.152. The zero-order valence-electron chi connectivity index (χ0n) is 17.0. The molecule has 1 aliphatic carbocycles. The van der Waals surface area contributed by atoms with Gasteiger partial charge < -0.3 is 5.32 Å². The second-order valence-electron chi connectivity index (χ2n) is 8.11. The third-order valence-corrected chi connectivity index (χ3v) is 6.57. The molecule has 4 heteroatoms. The van der Waals surface area contributed by atoms with Gasteiger partial charge in [0, 0.05) is 28.2 Å². The van der Waals surface area contributed by atoms with E-state index in [2.05, 4.69) is 68.4 Å². The zero-order valence-corrected chi connectivity index (χ0v) is 17.9. The molecule has 2 atom stereocenters. The van der Waals surface area contributed by atoms with Gasteiger partial charge in [0.05, 0.1) is 6.42 Å². The van der Waals surface area contributed by atoms with Crippen LogP contribution in [-0.4, -0.2) is 36.5 Å². The highest BCUT2D eigenvalue weighted by molar-refractivity contribution is 7.19. The summed E-state index contributed by atoms with van der Waals surface area (Å²) in [6.07, 6.45) is 7.44. The Bertz CT molecular complexity index is 819. The quantitative estimate of drug-likeness (QED) is 0.705. The van der Waals surface area contributed by atoms with Crippen LogP contribution in [-0.2, 0) is 11.2 Å². The summed E-state index contributed by atoms with van der Waals surface area (Å²) < 4.78 is 1.27. The van der Waals surface area contributed by atoms with Gasteiger partial charge in [-0.25, -0.2) is 0 Å². The number of benzene rings is 1. The summed E-state index contributed by atoms with van der Waals surface area (Å²) in [7, 11) is 2.18. The molecule has 0 bridgehead atoms. The first-order chi connectivity index (χ1) is 12.9. The Morgan fingerprint density at radius 2 is 2.07 bits per heavy atom. The fourth-order valence-corrected chi connectivity index (χ4v) is 5.07. The molecule has 0 spiro atoms. The lowest BCUT2D eigenvalue weighted by molar-refractivity contribution is -0.121. The minimum atomic E-state index is 0.152. The lowest BCUT2D eigenvalue weighted by Gasteiger charge is -2.38. The molecule has 1 aliphatic rings. The van der Waals surface area contributed by atoms with Crippen molar-refractivity contribution in [3.63, 3.8) is 0 Å². The number of thiophene rings is 1. The zero-order chi connectivity index (χ0) is 19.4. The van der Waals surface area contributed by atoms with Crippen molar-refractivity contribution in [3.05, 3.63) is 46.4 Å². The Balaban J connectivity index is 1.66. The molecule has 2 unspecified atom stereocenters. The van der Waals surface area contributed by atoms with Crippen LogP contribution in [0.5, 0.6) is 0 Å². The summed E-state index contributed by atoms with van der Waals surface area (Å²) in [4.78, 5) is 16.5. The largest absolute Gasteiger partial charge is 0.352 e. The number of amides is 1. The average Bonchev–Trinajstić information content (AvgIpc) is 3.01. The molecule has 27 heavy (non-hydrogen) atoms. The molecule has 1 aromatic heterocycles. The number of aryl methyl sites for hydroxylation is 1. The van der Waals surface area contributed by atoms with Gasteiger partial charge >= 0.3 is 0 Å². The van der Waals surface area contributed by atoms with Crippen LogP contribution in [0.3, 0.4) is 0 Å². The summed E-state index contributed by atoms with van der Waals surface area (Å²) in [5.74, 6) is 0.152. The number of nitrogens with one attached hydrogen (secondary N) is 1. The van der Waals surface area contributed by atoms with Gasteiger partial charge in [-0.15, -0.1) is 11.3 Å². The van der Waals surface area contributed by atoms with Gasteiger partial charge in [-0.1, -0.05) is 36.6 Å². The molecule has 3 rings (SSSR count). The maximum Gasteiger partial charge on any atom is 0.224 e.